The first-order valence-electron chi connectivity index (χ1n) is 11.5. The third kappa shape index (κ3) is 5.39. The molecule has 1 aromatic carbocycles. The van der Waals surface area contributed by atoms with E-state index < -0.39 is 41.8 Å². The number of carbonyl (C=O) groups excluding carboxylic acids is 2. The van der Waals surface area contributed by atoms with E-state index in [0.29, 0.717) is 28.3 Å². The number of esters is 1. The summed E-state index contributed by atoms with van der Waals surface area (Å²) in [6, 6.07) is 5.00. The molecule has 0 unspecified atom stereocenters. The van der Waals surface area contributed by atoms with Gasteiger partial charge < -0.3 is 34.9 Å². The van der Waals surface area contributed by atoms with Crippen LogP contribution in [0.25, 0.3) is 11.2 Å². The molecule has 0 bridgehead atoms. The molecule has 4 N–H and O–H groups in total. The van der Waals surface area contributed by atoms with Crippen molar-refractivity contribution in [1.82, 2.24) is 24.8 Å². The van der Waals surface area contributed by atoms with Gasteiger partial charge in [0.05, 0.1) is 18.4 Å². The number of ether oxygens (including phenoxy) is 2. The summed E-state index contributed by atoms with van der Waals surface area (Å²) in [5.41, 5.74) is 0.792. The van der Waals surface area contributed by atoms with Crippen molar-refractivity contribution in [3.8, 4) is 5.75 Å². The van der Waals surface area contributed by atoms with Crippen LogP contribution in [0.4, 0.5) is 5.82 Å². The Kier molecular flexibility index (Phi) is 7.09. The Balaban J connectivity index is 1.39. The van der Waals surface area contributed by atoms with Crippen LogP contribution in [0.5, 0.6) is 5.75 Å². The predicted molar refractivity (Wildman–Crippen MR) is 130 cm³/mol. The first-order valence-corrected chi connectivity index (χ1v) is 11.5. The van der Waals surface area contributed by atoms with Crippen LogP contribution in [0.1, 0.15) is 43.6 Å². The molecule has 4 rings (SSSR count). The molecule has 1 saturated carbocycles. The van der Waals surface area contributed by atoms with Crippen LogP contribution < -0.4 is 15.4 Å². The second kappa shape index (κ2) is 10.1. The Morgan fingerprint density at radius 2 is 1.83 bits per heavy atom. The summed E-state index contributed by atoms with van der Waals surface area (Å²) >= 11 is 0. The summed E-state index contributed by atoms with van der Waals surface area (Å²) in [7, 11) is 1.72. The molecule has 36 heavy (non-hydrogen) atoms. The number of nitrogens with zero attached hydrogens (tertiary/aromatic N) is 4. The summed E-state index contributed by atoms with van der Waals surface area (Å²) in [5.74, 6) is 0.0479. The van der Waals surface area contributed by atoms with Gasteiger partial charge in [-0.05, 0) is 51.5 Å². The highest BCUT2D eigenvalue weighted by molar-refractivity contribution is 5.94. The van der Waals surface area contributed by atoms with E-state index in [1.54, 1.807) is 63.0 Å². The molecule has 0 radical (unpaired) electrons. The van der Waals surface area contributed by atoms with Crippen molar-refractivity contribution in [3.63, 3.8) is 0 Å². The molecule has 12 nitrogen and oxygen atoms in total. The molecule has 12 heteroatoms. The predicted octanol–water partition coefficient (Wildman–Crippen LogP) is 1.05. The van der Waals surface area contributed by atoms with Crippen LogP contribution in [0.15, 0.2) is 36.9 Å². The minimum absolute atomic E-state index is 0.250. The number of benzene rings is 1. The van der Waals surface area contributed by atoms with E-state index in [-0.39, 0.29) is 13.0 Å². The topological polar surface area (TPSA) is 161 Å². The molecule has 2 aromatic heterocycles. The van der Waals surface area contributed by atoms with Crippen LogP contribution >= 0.6 is 0 Å². The molecular formula is C24H30N6O6. The molecule has 0 spiro atoms. The first kappa shape index (κ1) is 25.3. The highest BCUT2D eigenvalue weighted by Gasteiger charge is 2.43. The van der Waals surface area contributed by atoms with Crippen molar-refractivity contribution < 1.29 is 29.3 Å². The molecule has 3 aromatic rings. The van der Waals surface area contributed by atoms with Gasteiger partial charge in [-0.25, -0.2) is 19.7 Å². The summed E-state index contributed by atoms with van der Waals surface area (Å²) < 4.78 is 12.3. The average Bonchev–Trinajstić information content (AvgIpc) is 3.38. The minimum Gasteiger partial charge on any atom is -0.482 e. The summed E-state index contributed by atoms with van der Waals surface area (Å²) in [4.78, 5) is 37.3. The van der Waals surface area contributed by atoms with Crippen molar-refractivity contribution in [2.45, 2.75) is 57.1 Å². The van der Waals surface area contributed by atoms with Gasteiger partial charge in [-0.3, -0.25) is 4.79 Å². The molecule has 2 heterocycles. The van der Waals surface area contributed by atoms with Crippen LogP contribution in [0, 0.1) is 0 Å². The maximum atomic E-state index is 12.8. The maximum absolute atomic E-state index is 12.8. The van der Waals surface area contributed by atoms with Crippen molar-refractivity contribution in [2.75, 3.05) is 19.0 Å². The van der Waals surface area contributed by atoms with Gasteiger partial charge in [0.1, 0.15) is 35.4 Å². The van der Waals surface area contributed by atoms with Gasteiger partial charge in [-0.2, -0.15) is 0 Å². The van der Waals surface area contributed by atoms with Crippen LogP contribution in [-0.2, 0) is 9.53 Å². The molecule has 192 valence electrons. The monoisotopic (exact) mass is 498 g/mol. The Labute approximate surface area is 207 Å². The smallest absolute Gasteiger partial charge is 0.344 e. The molecule has 4 atom stereocenters. The van der Waals surface area contributed by atoms with Gasteiger partial charge in [0.2, 0.25) is 0 Å². The van der Waals surface area contributed by atoms with Crippen molar-refractivity contribution >= 4 is 28.9 Å². The third-order valence-electron chi connectivity index (χ3n) is 5.81. The number of aromatic nitrogens is 4. The van der Waals surface area contributed by atoms with Crippen molar-refractivity contribution in [2.24, 2.45) is 0 Å². The second-order valence-corrected chi connectivity index (χ2v) is 9.56. The largest absolute Gasteiger partial charge is 0.482 e. The quantitative estimate of drug-likeness (QED) is 0.347. The van der Waals surface area contributed by atoms with E-state index in [1.807, 2.05) is 0 Å². The number of hydrogen-bond acceptors (Lipinski definition) is 10. The summed E-state index contributed by atoms with van der Waals surface area (Å²) in [6.45, 7) is 5.06. The standard InChI is InChI=1S/C24H30N6O6/c1-24(2,3)36-17(31)10-35-14-7-5-13(6-8-14)23(34)29-15-9-16(20(33)19(15)32)30-12-28-18-21(25-4)26-11-27-22(18)30/h5-8,11-12,15-16,19-20,32-33H,9-10H2,1-4H3,(H,29,34)(H,25,26,27)/t15-,16+,19-,20+/m1/s1. The highest BCUT2D eigenvalue weighted by atomic mass is 16.6. The number of amides is 1. The van der Waals surface area contributed by atoms with Gasteiger partial charge in [-0.1, -0.05) is 0 Å². The fraction of sp³-hybridized carbons (Fsp3) is 0.458. The SMILES string of the molecule is CNc1ncnc2c1ncn2[C@H]1C[C@@H](NC(=O)c2ccc(OCC(=O)OC(C)(C)C)cc2)[C@@H](O)[C@H]1O. The van der Waals surface area contributed by atoms with Crippen LogP contribution in [-0.4, -0.2) is 79.1 Å². The lowest BCUT2D eigenvalue weighted by Crippen LogP contribution is -2.43. The van der Waals surface area contributed by atoms with Gasteiger partial charge in [0.15, 0.2) is 18.1 Å². The van der Waals surface area contributed by atoms with E-state index in [2.05, 4.69) is 25.6 Å². The lowest BCUT2D eigenvalue weighted by Gasteiger charge is -2.19. The lowest BCUT2D eigenvalue weighted by atomic mass is 10.1. The minimum atomic E-state index is -1.18. The van der Waals surface area contributed by atoms with E-state index in [9.17, 15) is 19.8 Å². The number of hydrogen-bond donors (Lipinski definition) is 4. The van der Waals surface area contributed by atoms with E-state index in [0.717, 1.165) is 0 Å². The number of fused-ring (bicyclic) bond motifs is 1. The van der Waals surface area contributed by atoms with Gasteiger partial charge in [0, 0.05) is 12.6 Å². The number of aliphatic hydroxyl groups excluding tert-OH is 2. The van der Waals surface area contributed by atoms with Crippen LogP contribution in [0.3, 0.4) is 0 Å². The van der Waals surface area contributed by atoms with Crippen molar-refractivity contribution in [1.29, 1.82) is 0 Å². The Bertz CT molecular complexity index is 1240. The molecular weight excluding hydrogens is 468 g/mol. The number of rotatable bonds is 7. The van der Waals surface area contributed by atoms with Crippen molar-refractivity contribution in [3.05, 3.63) is 42.5 Å². The van der Waals surface area contributed by atoms with Gasteiger partial charge in [-0.15, -0.1) is 0 Å². The number of carbonyl (C=O) groups is 2. The number of aliphatic hydroxyl groups is 2. The molecule has 1 aliphatic carbocycles. The number of nitrogens with one attached hydrogen (secondary N) is 2. The zero-order chi connectivity index (χ0) is 26.0. The highest BCUT2D eigenvalue weighted by Crippen LogP contribution is 2.34. The Hall–Kier alpha value is -3.77. The zero-order valence-electron chi connectivity index (χ0n) is 20.5. The van der Waals surface area contributed by atoms with Gasteiger partial charge in [0.25, 0.3) is 5.91 Å². The molecule has 1 amide bonds. The molecule has 1 aliphatic rings. The zero-order valence-corrected chi connectivity index (χ0v) is 20.5. The third-order valence-corrected chi connectivity index (χ3v) is 5.81. The van der Waals surface area contributed by atoms with E-state index >= 15 is 0 Å². The fourth-order valence-corrected chi connectivity index (χ4v) is 4.17. The summed E-state index contributed by atoms with van der Waals surface area (Å²) in [5, 5.41) is 27.1. The molecule has 1 fully saturated rings. The number of anilines is 1. The Morgan fingerprint density at radius 3 is 2.50 bits per heavy atom. The molecule has 0 saturated heterocycles. The number of imidazole rings is 1. The molecule has 0 aliphatic heterocycles. The maximum Gasteiger partial charge on any atom is 0.344 e. The Morgan fingerprint density at radius 1 is 1.11 bits per heavy atom. The normalized spacial score (nSPS) is 21.8. The average molecular weight is 499 g/mol. The van der Waals surface area contributed by atoms with Crippen LogP contribution in [0.2, 0.25) is 0 Å². The van der Waals surface area contributed by atoms with E-state index in [1.165, 1.54) is 6.33 Å². The fourth-order valence-electron chi connectivity index (χ4n) is 4.17. The van der Waals surface area contributed by atoms with E-state index in [4.69, 9.17) is 9.47 Å². The van der Waals surface area contributed by atoms with Gasteiger partial charge >= 0.3 is 5.97 Å². The summed E-state index contributed by atoms with van der Waals surface area (Å²) in [6.07, 6.45) is 0.892. The first-order chi connectivity index (χ1) is 17.1. The lowest BCUT2D eigenvalue weighted by molar-refractivity contribution is -0.157. The second-order valence-electron chi connectivity index (χ2n) is 9.56.